The number of anilines is 2. The summed E-state index contributed by atoms with van der Waals surface area (Å²) in [7, 11) is -3.79. The van der Waals surface area contributed by atoms with E-state index in [-0.39, 0.29) is 10.8 Å². The minimum absolute atomic E-state index is 0.110. The number of rotatable bonds is 6. The van der Waals surface area contributed by atoms with Gasteiger partial charge in [0.25, 0.3) is 10.0 Å². The van der Waals surface area contributed by atoms with Gasteiger partial charge < -0.3 is 19.3 Å². The molecule has 1 aliphatic rings. The number of ether oxygens (including phenoxy) is 2. The maximum atomic E-state index is 12.7. The largest absolute Gasteiger partial charge is 0.486 e. The molecule has 4 rings (SSSR count). The van der Waals surface area contributed by atoms with E-state index in [4.69, 9.17) is 14.0 Å². The van der Waals surface area contributed by atoms with Crippen LogP contribution >= 0.6 is 0 Å². The lowest BCUT2D eigenvalue weighted by molar-refractivity contribution is -0.114. The summed E-state index contributed by atoms with van der Waals surface area (Å²) in [5.74, 6) is 1.25. The quantitative estimate of drug-likeness (QED) is 0.582. The average molecular weight is 455 g/mol. The highest BCUT2D eigenvalue weighted by Gasteiger charge is 2.17. The van der Waals surface area contributed by atoms with Crippen molar-refractivity contribution in [2.24, 2.45) is 0 Å². The molecule has 0 radical (unpaired) electrons. The van der Waals surface area contributed by atoms with E-state index in [1.807, 2.05) is 0 Å². The number of carbonyl (C=O) groups excluding carboxylic acids is 1. The van der Waals surface area contributed by atoms with E-state index in [1.165, 1.54) is 19.1 Å². The van der Waals surface area contributed by atoms with Crippen LogP contribution in [0.3, 0.4) is 0 Å². The minimum atomic E-state index is -3.79. The molecule has 2 N–H and O–H groups in total. The van der Waals surface area contributed by atoms with Crippen LogP contribution < -0.4 is 19.5 Å². The Labute approximate surface area is 185 Å². The molecule has 2 heterocycles. The summed E-state index contributed by atoms with van der Waals surface area (Å²) in [4.78, 5) is 11.5. The fraction of sp³-hybridized carbons (Fsp3) is 0.182. The highest BCUT2D eigenvalue weighted by atomic mass is 32.2. The van der Waals surface area contributed by atoms with Crippen molar-refractivity contribution >= 4 is 39.5 Å². The van der Waals surface area contributed by atoms with Gasteiger partial charge in [-0.2, -0.15) is 0 Å². The van der Waals surface area contributed by atoms with Gasteiger partial charge in [-0.1, -0.05) is 23.4 Å². The lowest BCUT2D eigenvalue weighted by Crippen LogP contribution is -2.16. The van der Waals surface area contributed by atoms with Crippen LogP contribution in [0.1, 0.15) is 23.9 Å². The monoisotopic (exact) mass is 455 g/mol. The summed E-state index contributed by atoms with van der Waals surface area (Å²) < 4.78 is 44.2. The first-order chi connectivity index (χ1) is 15.3. The number of amides is 1. The van der Waals surface area contributed by atoms with Gasteiger partial charge in [0.1, 0.15) is 24.6 Å². The Kier molecular flexibility index (Phi) is 5.87. The van der Waals surface area contributed by atoms with E-state index >= 15 is 0 Å². The van der Waals surface area contributed by atoms with E-state index in [2.05, 4.69) is 15.2 Å². The second kappa shape index (κ2) is 8.75. The van der Waals surface area contributed by atoms with Crippen molar-refractivity contribution in [3.8, 4) is 11.5 Å². The van der Waals surface area contributed by atoms with Crippen LogP contribution in [0.2, 0.25) is 0 Å². The van der Waals surface area contributed by atoms with Gasteiger partial charge in [0.05, 0.1) is 10.6 Å². The van der Waals surface area contributed by atoms with Crippen LogP contribution in [-0.2, 0) is 14.8 Å². The van der Waals surface area contributed by atoms with Crippen LogP contribution in [0, 0.1) is 6.92 Å². The van der Waals surface area contributed by atoms with Crippen LogP contribution in [0.15, 0.2) is 51.9 Å². The van der Waals surface area contributed by atoms with Gasteiger partial charge in [-0.15, -0.1) is 0 Å². The zero-order valence-corrected chi connectivity index (χ0v) is 18.2. The number of nitrogens with zero attached hydrogens (tertiary/aromatic N) is 1. The maximum Gasteiger partial charge on any atom is 0.261 e. The van der Waals surface area contributed by atoms with E-state index < -0.39 is 10.0 Å². The molecule has 1 amide bonds. The van der Waals surface area contributed by atoms with Crippen LogP contribution in [0.5, 0.6) is 11.5 Å². The summed E-state index contributed by atoms with van der Waals surface area (Å²) in [6.45, 7) is 4.00. The predicted octanol–water partition coefficient (Wildman–Crippen LogP) is 3.68. The van der Waals surface area contributed by atoms with E-state index in [1.54, 1.807) is 49.4 Å². The molecule has 0 bridgehead atoms. The number of aromatic nitrogens is 1. The van der Waals surface area contributed by atoms with Crippen molar-refractivity contribution < 1.29 is 27.2 Å². The Morgan fingerprint density at radius 1 is 1.03 bits per heavy atom. The molecule has 10 heteroatoms. The Morgan fingerprint density at radius 3 is 2.47 bits per heavy atom. The lowest BCUT2D eigenvalue weighted by Gasteiger charge is -2.19. The number of nitrogens with one attached hydrogen (secondary N) is 2. The van der Waals surface area contributed by atoms with Crippen molar-refractivity contribution in [3.05, 3.63) is 59.5 Å². The molecule has 3 aromatic rings. The SMILES string of the molecule is CC(=O)Nc1c(C)noc1/C=C\c1ccc(S(=O)(=O)Nc2ccc3c(c2)OCCO3)cc1. The molecular formula is C22H21N3O6S. The van der Waals surface area contributed by atoms with Crippen molar-refractivity contribution in [3.63, 3.8) is 0 Å². The van der Waals surface area contributed by atoms with Gasteiger partial charge in [0.15, 0.2) is 17.3 Å². The third-order valence-corrected chi connectivity index (χ3v) is 6.00. The maximum absolute atomic E-state index is 12.7. The summed E-state index contributed by atoms with van der Waals surface area (Å²) in [5, 5.41) is 6.53. The second-order valence-corrected chi connectivity index (χ2v) is 8.74. The lowest BCUT2D eigenvalue weighted by atomic mass is 10.2. The highest BCUT2D eigenvalue weighted by molar-refractivity contribution is 7.92. The van der Waals surface area contributed by atoms with Gasteiger partial charge in [-0.3, -0.25) is 9.52 Å². The Balaban J connectivity index is 1.48. The molecule has 0 spiro atoms. The first-order valence-electron chi connectivity index (χ1n) is 9.76. The summed E-state index contributed by atoms with van der Waals surface area (Å²) in [5.41, 5.74) is 2.18. The summed E-state index contributed by atoms with van der Waals surface area (Å²) in [6.07, 6.45) is 3.39. The van der Waals surface area contributed by atoms with E-state index in [0.29, 0.717) is 47.5 Å². The molecular weight excluding hydrogens is 434 g/mol. The number of carbonyl (C=O) groups is 1. The van der Waals surface area contributed by atoms with Crippen LogP contribution in [0.4, 0.5) is 11.4 Å². The molecule has 32 heavy (non-hydrogen) atoms. The second-order valence-electron chi connectivity index (χ2n) is 7.05. The van der Waals surface area contributed by atoms with E-state index in [0.717, 1.165) is 5.56 Å². The Hall–Kier alpha value is -3.79. The fourth-order valence-corrected chi connectivity index (χ4v) is 4.13. The normalized spacial score (nSPS) is 13.2. The summed E-state index contributed by atoms with van der Waals surface area (Å²) in [6, 6.07) is 11.2. The first-order valence-corrected chi connectivity index (χ1v) is 11.2. The van der Waals surface area contributed by atoms with Gasteiger partial charge in [0.2, 0.25) is 5.91 Å². The van der Waals surface area contributed by atoms with Crippen molar-refractivity contribution in [2.45, 2.75) is 18.7 Å². The van der Waals surface area contributed by atoms with Crippen molar-refractivity contribution in [2.75, 3.05) is 23.3 Å². The molecule has 0 saturated carbocycles. The van der Waals surface area contributed by atoms with Gasteiger partial charge >= 0.3 is 0 Å². The smallest absolute Gasteiger partial charge is 0.261 e. The molecule has 0 aliphatic carbocycles. The number of sulfonamides is 1. The standard InChI is InChI=1S/C22H21N3O6S/c1-14-22(23-15(2)26)20(31-24-14)9-5-16-3-7-18(8-4-16)32(27,28)25-17-6-10-19-21(13-17)30-12-11-29-19/h3-10,13,25H,11-12H2,1-2H3,(H,23,26)/b9-5-. The third-order valence-electron chi connectivity index (χ3n) is 4.60. The molecule has 0 atom stereocenters. The molecule has 0 saturated heterocycles. The number of benzene rings is 2. The number of fused-ring (bicyclic) bond motifs is 1. The number of aryl methyl sites for hydroxylation is 1. The fourth-order valence-electron chi connectivity index (χ4n) is 3.08. The molecule has 1 aromatic heterocycles. The predicted molar refractivity (Wildman–Crippen MR) is 119 cm³/mol. The zero-order chi connectivity index (χ0) is 22.7. The highest BCUT2D eigenvalue weighted by Crippen LogP contribution is 2.33. The zero-order valence-electron chi connectivity index (χ0n) is 17.4. The van der Waals surface area contributed by atoms with Gasteiger partial charge in [0, 0.05) is 13.0 Å². The van der Waals surface area contributed by atoms with Crippen molar-refractivity contribution in [1.82, 2.24) is 5.16 Å². The third kappa shape index (κ3) is 4.75. The minimum Gasteiger partial charge on any atom is -0.486 e. The molecule has 0 unspecified atom stereocenters. The molecule has 9 nitrogen and oxygen atoms in total. The molecule has 2 aromatic carbocycles. The van der Waals surface area contributed by atoms with E-state index in [9.17, 15) is 13.2 Å². The average Bonchev–Trinajstić information content (AvgIpc) is 3.11. The van der Waals surface area contributed by atoms with Crippen molar-refractivity contribution in [1.29, 1.82) is 0 Å². The Morgan fingerprint density at radius 2 is 1.75 bits per heavy atom. The molecule has 1 aliphatic heterocycles. The molecule has 166 valence electrons. The first kappa shape index (κ1) is 21.4. The number of hydrogen-bond acceptors (Lipinski definition) is 7. The molecule has 0 fully saturated rings. The van der Waals surface area contributed by atoms with Crippen LogP contribution in [-0.4, -0.2) is 32.7 Å². The summed E-state index contributed by atoms with van der Waals surface area (Å²) >= 11 is 0. The van der Waals surface area contributed by atoms with Gasteiger partial charge in [-0.05, 0) is 42.8 Å². The van der Waals surface area contributed by atoms with Crippen LogP contribution in [0.25, 0.3) is 12.2 Å². The van der Waals surface area contributed by atoms with Gasteiger partial charge in [-0.25, -0.2) is 8.42 Å². The number of hydrogen-bond donors (Lipinski definition) is 2. The Bertz CT molecular complexity index is 1280. The topological polar surface area (TPSA) is 120 Å².